The molecular formula is C24H27N3O2S. The number of benzene rings is 2. The van der Waals surface area contributed by atoms with Crippen molar-refractivity contribution in [3.05, 3.63) is 93.4 Å². The normalized spacial score (nSPS) is 11.8. The van der Waals surface area contributed by atoms with Gasteiger partial charge in [-0.25, -0.2) is 4.98 Å². The van der Waals surface area contributed by atoms with Crippen molar-refractivity contribution >= 4 is 17.7 Å². The summed E-state index contributed by atoms with van der Waals surface area (Å²) in [6, 6.07) is 20.3. The lowest BCUT2D eigenvalue weighted by Crippen LogP contribution is -2.30. The van der Waals surface area contributed by atoms with Gasteiger partial charge < -0.3 is 10.3 Å². The molecule has 3 rings (SSSR count). The average Bonchev–Trinajstić information content (AvgIpc) is 2.75. The Balaban J connectivity index is 1.53. The van der Waals surface area contributed by atoms with Crippen LogP contribution < -0.4 is 10.9 Å². The molecule has 156 valence electrons. The lowest BCUT2D eigenvalue weighted by Gasteiger charge is -2.12. The molecule has 30 heavy (non-hydrogen) atoms. The fourth-order valence-corrected chi connectivity index (χ4v) is 4.17. The summed E-state index contributed by atoms with van der Waals surface area (Å²) in [4.78, 5) is 32.2. The largest absolute Gasteiger partial charge is 0.356 e. The van der Waals surface area contributed by atoms with Gasteiger partial charge in [0, 0.05) is 23.1 Å². The van der Waals surface area contributed by atoms with E-state index in [0.717, 1.165) is 12.8 Å². The number of hydrogen-bond acceptors (Lipinski definition) is 4. The molecule has 0 radical (unpaired) electrons. The number of carbonyl (C=O) groups excluding carboxylic acids is 1. The van der Waals surface area contributed by atoms with Gasteiger partial charge in [-0.15, -0.1) is 0 Å². The number of nitrogens with one attached hydrogen (secondary N) is 2. The molecular weight excluding hydrogens is 394 g/mol. The molecule has 1 aromatic heterocycles. The first-order valence-corrected chi connectivity index (χ1v) is 11.0. The fraction of sp³-hybridized carbons (Fsp3) is 0.292. The van der Waals surface area contributed by atoms with Gasteiger partial charge in [0.2, 0.25) is 5.91 Å². The second-order valence-corrected chi connectivity index (χ2v) is 8.55. The third-order valence-corrected chi connectivity index (χ3v) is 5.94. The Bertz CT molecular complexity index is 1020. The highest BCUT2D eigenvalue weighted by atomic mass is 32.2. The van der Waals surface area contributed by atoms with Gasteiger partial charge in [0.25, 0.3) is 5.56 Å². The van der Waals surface area contributed by atoms with E-state index in [1.807, 2.05) is 36.4 Å². The predicted molar refractivity (Wildman–Crippen MR) is 122 cm³/mol. The zero-order valence-electron chi connectivity index (χ0n) is 17.4. The van der Waals surface area contributed by atoms with Gasteiger partial charge in [0.05, 0.1) is 6.42 Å². The number of rotatable bonds is 9. The molecule has 5 nitrogen and oxygen atoms in total. The van der Waals surface area contributed by atoms with Crippen molar-refractivity contribution in [2.75, 3.05) is 6.54 Å². The lowest BCUT2D eigenvalue weighted by atomic mass is 10.1. The molecule has 0 bridgehead atoms. The number of thioether (sulfide) groups is 1. The second kappa shape index (κ2) is 10.8. The van der Waals surface area contributed by atoms with E-state index in [0.29, 0.717) is 23.0 Å². The molecule has 3 aromatic rings. The molecule has 0 saturated heterocycles. The Morgan fingerprint density at radius 3 is 2.43 bits per heavy atom. The standard InChI is InChI=1S/C24H27N3O2S/c1-17-21(16-22(28)25-15-9-12-19-10-5-3-6-11-19)23(29)27-24(26-17)30-18(2)20-13-7-4-8-14-20/h3-8,10-11,13-14,18H,9,12,15-16H2,1-2H3,(H,25,28)(H,26,27,29). The van der Waals surface area contributed by atoms with Crippen LogP contribution in [0.2, 0.25) is 0 Å². The van der Waals surface area contributed by atoms with E-state index >= 15 is 0 Å². The molecule has 0 spiro atoms. The highest BCUT2D eigenvalue weighted by Crippen LogP contribution is 2.32. The van der Waals surface area contributed by atoms with E-state index in [4.69, 9.17) is 0 Å². The summed E-state index contributed by atoms with van der Waals surface area (Å²) in [5, 5.41) is 3.63. The van der Waals surface area contributed by atoms with Crippen molar-refractivity contribution in [2.45, 2.75) is 43.5 Å². The molecule has 1 amide bonds. The van der Waals surface area contributed by atoms with Crippen molar-refractivity contribution < 1.29 is 4.79 Å². The Labute approximate surface area is 181 Å². The third kappa shape index (κ3) is 6.32. The van der Waals surface area contributed by atoms with Crippen molar-refractivity contribution in [1.82, 2.24) is 15.3 Å². The van der Waals surface area contributed by atoms with Gasteiger partial charge in [0.15, 0.2) is 5.16 Å². The molecule has 0 aliphatic rings. The Kier molecular flexibility index (Phi) is 7.85. The van der Waals surface area contributed by atoms with Crippen LogP contribution in [0.15, 0.2) is 70.6 Å². The first kappa shape index (κ1) is 21.8. The van der Waals surface area contributed by atoms with E-state index in [-0.39, 0.29) is 23.1 Å². The summed E-state index contributed by atoms with van der Waals surface area (Å²) >= 11 is 1.50. The number of aryl methyl sites for hydroxylation is 2. The van der Waals surface area contributed by atoms with E-state index in [2.05, 4.69) is 46.5 Å². The Morgan fingerprint density at radius 2 is 1.77 bits per heavy atom. The molecule has 6 heteroatoms. The van der Waals surface area contributed by atoms with Crippen LogP contribution in [-0.2, 0) is 17.6 Å². The van der Waals surface area contributed by atoms with Crippen LogP contribution in [-0.4, -0.2) is 22.4 Å². The maximum Gasteiger partial charge on any atom is 0.255 e. The van der Waals surface area contributed by atoms with Crippen LogP contribution in [0.1, 0.15) is 41.0 Å². The van der Waals surface area contributed by atoms with Crippen LogP contribution >= 0.6 is 11.8 Å². The number of aromatic nitrogens is 2. The van der Waals surface area contributed by atoms with Gasteiger partial charge in [-0.1, -0.05) is 72.4 Å². The van der Waals surface area contributed by atoms with Crippen molar-refractivity contribution in [3.63, 3.8) is 0 Å². The Morgan fingerprint density at radius 1 is 1.10 bits per heavy atom. The molecule has 1 atom stereocenters. The van der Waals surface area contributed by atoms with Crippen LogP contribution in [0, 0.1) is 6.92 Å². The number of hydrogen-bond donors (Lipinski definition) is 2. The molecule has 2 aromatic carbocycles. The first-order chi connectivity index (χ1) is 14.5. The molecule has 0 saturated carbocycles. The lowest BCUT2D eigenvalue weighted by molar-refractivity contribution is -0.120. The number of carbonyl (C=O) groups is 1. The molecule has 0 fully saturated rings. The third-order valence-electron chi connectivity index (χ3n) is 4.90. The quantitative estimate of drug-likeness (QED) is 0.308. The molecule has 1 unspecified atom stereocenters. The second-order valence-electron chi connectivity index (χ2n) is 7.22. The van der Waals surface area contributed by atoms with Crippen molar-refractivity contribution in [2.24, 2.45) is 0 Å². The zero-order chi connectivity index (χ0) is 21.3. The predicted octanol–water partition coefficient (Wildman–Crippen LogP) is 4.22. The van der Waals surface area contributed by atoms with Gasteiger partial charge >= 0.3 is 0 Å². The van der Waals surface area contributed by atoms with Crippen LogP contribution in [0.4, 0.5) is 0 Å². The summed E-state index contributed by atoms with van der Waals surface area (Å²) in [5.74, 6) is -0.156. The molecule has 2 N–H and O–H groups in total. The Hall–Kier alpha value is -2.86. The van der Waals surface area contributed by atoms with E-state index in [9.17, 15) is 9.59 Å². The molecule has 0 aliphatic heterocycles. The SMILES string of the molecule is Cc1nc(SC(C)c2ccccc2)[nH]c(=O)c1CC(=O)NCCCc1ccccc1. The highest BCUT2D eigenvalue weighted by molar-refractivity contribution is 7.99. The van der Waals surface area contributed by atoms with Crippen LogP contribution in [0.3, 0.4) is 0 Å². The van der Waals surface area contributed by atoms with Crippen LogP contribution in [0.25, 0.3) is 0 Å². The maximum absolute atomic E-state index is 12.5. The zero-order valence-corrected chi connectivity index (χ0v) is 18.2. The van der Waals surface area contributed by atoms with Gasteiger partial charge in [-0.3, -0.25) is 9.59 Å². The first-order valence-electron chi connectivity index (χ1n) is 10.1. The van der Waals surface area contributed by atoms with E-state index < -0.39 is 0 Å². The van der Waals surface area contributed by atoms with Crippen molar-refractivity contribution in [3.8, 4) is 0 Å². The summed E-state index contributed by atoms with van der Waals surface area (Å²) < 4.78 is 0. The van der Waals surface area contributed by atoms with Gasteiger partial charge in [-0.05, 0) is 37.8 Å². The summed E-state index contributed by atoms with van der Waals surface area (Å²) in [6.45, 7) is 4.44. The monoisotopic (exact) mass is 421 g/mol. The smallest absolute Gasteiger partial charge is 0.255 e. The maximum atomic E-state index is 12.5. The fourth-order valence-electron chi connectivity index (χ4n) is 3.20. The van der Waals surface area contributed by atoms with E-state index in [1.54, 1.807) is 6.92 Å². The summed E-state index contributed by atoms with van der Waals surface area (Å²) in [7, 11) is 0. The minimum absolute atomic E-state index is 0.0404. The number of H-pyrrole nitrogens is 1. The summed E-state index contributed by atoms with van der Waals surface area (Å²) in [6.07, 6.45) is 1.81. The van der Waals surface area contributed by atoms with E-state index in [1.165, 1.54) is 22.9 Å². The topological polar surface area (TPSA) is 74.8 Å². The summed E-state index contributed by atoms with van der Waals surface area (Å²) in [5.41, 5.74) is 3.20. The van der Waals surface area contributed by atoms with Crippen molar-refractivity contribution in [1.29, 1.82) is 0 Å². The molecule has 0 aliphatic carbocycles. The number of nitrogens with zero attached hydrogens (tertiary/aromatic N) is 1. The van der Waals surface area contributed by atoms with Gasteiger partial charge in [-0.2, -0.15) is 0 Å². The average molecular weight is 422 g/mol. The minimum atomic E-state index is -0.246. The molecule has 1 heterocycles. The number of amides is 1. The van der Waals surface area contributed by atoms with Gasteiger partial charge in [0.1, 0.15) is 0 Å². The van der Waals surface area contributed by atoms with Crippen LogP contribution in [0.5, 0.6) is 0 Å². The number of aromatic amines is 1. The minimum Gasteiger partial charge on any atom is -0.356 e. The highest BCUT2D eigenvalue weighted by Gasteiger charge is 2.15.